The number of aromatic nitrogens is 2. The van der Waals surface area contributed by atoms with E-state index in [1.165, 1.54) is 0 Å². The van der Waals surface area contributed by atoms with Crippen LogP contribution in [0.4, 0.5) is 0 Å². The fourth-order valence-corrected chi connectivity index (χ4v) is 1.33. The Bertz CT molecular complexity index is 291. The molecule has 0 N–H and O–H groups in total. The van der Waals surface area contributed by atoms with Crippen LogP contribution in [0.15, 0.2) is 12.4 Å². The molecule has 0 radical (unpaired) electrons. The Morgan fingerprint density at radius 1 is 1.69 bits per heavy atom. The number of hydrogen-bond acceptors (Lipinski definition) is 2. The smallest absolute Gasteiger partial charge is 0.135 e. The van der Waals surface area contributed by atoms with Crippen LogP contribution in [0.2, 0.25) is 0 Å². The fraction of sp³-hybridized carbons (Fsp3) is 0.600. The third-order valence-corrected chi connectivity index (χ3v) is 2.31. The van der Waals surface area contributed by atoms with E-state index in [-0.39, 0.29) is 5.92 Å². The van der Waals surface area contributed by atoms with E-state index >= 15 is 0 Å². The predicted octanol–water partition coefficient (Wildman–Crippen LogP) is 1.58. The topological polar surface area (TPSA) is 34.9 Å². The molecular formula is C10H16N2O. The number of carbonyl (C=O) groups is 1. The van der Waals surface area contributed by atoms with E-state index in [0.717, 1.165) is 12.2 Å². The van der Waals surface area contributed by atoms with Crippen LogP contribution in [0, 0.1) is 5.92 Å². The molecule has 1 heterocycles. The molecule has 0 aliphatic heterocycles. The molecule has 1 aromatic heterocycles. The van der Waals surface area contributed by atoms with E-state index in [1.807, 2.05) is 31.7 Å². The summed E-state index contributed by atoms with van der Waals surface area (Å²) in [4.78, 5) is 15.5. The molecule has 0 amide bonds. The predicted molar refractivity (Wildman–Crippen MR) is 51.4 cm³/mol. The van der Waals surface area contributed by atoms with E-state index in [0.29, 0.717) is 12.2 Å². The summed E-state index contributed by atoms with van der Waals surface area (Å²) in [5.41, 5.74) is 0. The molecule has 3 nitrogen and oxygen atoms in total. The van der Waals surface area contributed by atoms with E-state index in [1.54, 1.807) is 6.20 Å². The summed E-state index contributed by atoms with van der Waals surface area (Å²) in [5.74, 6) is 1.38. The van der Waals surface area contributed by atoms with Gasteiger partial charge in [-0.25, -0.2) is 4.98 Å². The zero-order valence-corrected chi connectivity index (χ0v) is 8.45. The Labute approximate surface area is 78.8 Å². The summed E-state index contributed by atoms with van der Waals surface area (Å²) >= 11 is 0. The van der Waals surface area contributed by atoms with E-state index in [4.69, 9.17) is 0 Å². The van der Waals surface area contributed by atoms with Crippen LogP contribution in [0.25, 0.3) is 0 Å². The lowest BCUT2D eigenvalue weighted by atomic mass is 10.0. The molecule has 0 fully saturated rings. The SMILES string of the molecule is CCC(=O)[C@@H](C)Cc1nccn1C. The number of hydrogen-bond donors (Lipinski definition) is 0. The average Bonchev–Trinajstić information content (AvgIpc) is 2.50. The summed E-state index contributed by atoms with van der Waals surface area (Å²) in [5, 5.41) is 0. The van der Waals surface area contributed by atoms with Gasteiger partial charge in [-0.1, -0.05) is 13.8 Å². The number of rotatable bonds is 4. The van der Waals surface area contributed by atoms with Gasteiger partial charge in [0.2, 0.25) is 0 Å². The van der Waals surface area contributed by atoms with Crippen molar-refractivity contribution in [3.05, 3.63) is 18.2 Å². The molecule has 1 atom stereocenters. The molecule has 1 rings (SSSR count). The lowest BCUT2D eigenvalue weighted by Gasteiger charge is -2.08. The highest BCUT2D eigenvalue weighted by atomic mass is 16.1. The van der Waals surface area contributed by atoms with Crippen molar-refractivity contribution in [1.82, 2.24) is 9.55 Å². The lowest BCUT2D eigenvalue weighted by Crippen LogP contribution is -2.14. The van der Waals surface area contributed by atoms with E-state index < -0.39 is 0 Å². The van der Waals surface area contributed by atoms with Crippen molar-refractivity contribution in [2.45, 2.75) is 26.7 Å². The second-order valence-electron chi connectivity index (χ2n) is 3.38. The van der Waals surface area contributed by atoms with Gasteiger partial charge in [0, 0.05) is 38.2 Å². The van der Waals surface area contributed by atoms with Crippen LogP contribution in [-0.4, -0.2) is 15.3 Å². The molecule has 0 spiro atoms. The van der Waals surface area contributed by atoms with Gasteiger partial charge in [-0.2, -0.15) is 0 Å². The van der Waals surface area contributed by atoms with Crippen molar-refractivity contribution in [3.63, 3.8) is 0 Å². The van der Waals surface area contributed by atoms with Gasteiger partial charge in [-0.3, -0.25) is 4.79 Å². The van der Waals surface area contributed by atoms with Crippen LogP contribution in [-0.2, 0) is 18.3 Å². The Kier molecular flexibility index (Phi) is 3.23. The molecule has 72 valence electrons. The third kappa shape index (κ3) is 2.41. The zero-order chi connectivity index (χ0) is 9.84. The molecule has 0 aliphatic carbocycles. The van der Waals surface area contributed by atoms with Gasteiger partial charge in [-0.05, 0) is 0 Å². The van der Waals surface area contributed by atoms with E-state index in [9.17, 15) is 4.79 Å². The first-order valence-electron chi connectivity index (χ1n) is 4.64. The first kappa shape index (κ1) is 9.96. The number of carbonyl (C=O) groups excluding carboxylic acids is 1. The molecule has 0 saturated heterocycles. The van der Waals surface area contributed by atoms with Crippen molar-refractivity contribution < 1.29 is 4.79 Å². The first-order chi connectivity index (χ1) is 6.15. The van der Waals surface area contributed by atoms with Crippen LogP contribution in [0.3, 0.4) is 0 Å². The highest BCUT2D eigenvalue weighted by Crippen LogP contribution is 2.08. The van der Waals surface area contributed by atoms with Crippen molar-refractivity contribution >= 4 is 5.78 Å². The molecular weight excluding hydrogens is 164 g/mol. The fourth-order valence-electron chi connectivity index (χ4n) is 1.33. The van der Waals surface area contributed by atoms with Crippen molar-refractivity contribution in [2.24, 2.45) is 13.0 Å². The number of nitrogens with zero attached hydrogens (tertiary/aromatic N) is 2. The summed E-state index contributed by atoms with van der Waals surface area (Å²) < 4.78 is 1.96. The molecule has 1 aromatic rings. The van der Waals surface area contributed by atoms with Gasteiger partial charge in [0.05, 0.1) is 0 Å². The first-order valence-corrected chi connectivity index (χ1v) is 4.64. The lowest BCUT2D eigenvalue weighted by molar-refractivity contribution is -0.122. The highest BCUT2D eigenvalue weighted by molar-refractivity contribution is 5.80. The number of Topliss-reactive ketones (excluding diaryl/α,β-unsaturated/α-hetero) is 1. The average molecular weight is 180 g/mol. The Hall–Kier alpha value is -1.12. The van der Waals surface area contributed by atoms with Crippen molar-refractivity contribution in [3.8, 4) is 0 Å². The normalized spacial score (nSPS) is 12.8. The zero-order valence-electron chi connectivity index (χ0n) is 8.45. The minimum atomic E-state index is 0.0890. The molecule has 3 heteroatoms. The standard InChI is InChI=1S/C10H16N2O/c1-4-9(13)8(2)7-10-11-5-6-12(10)3/h5-6,8H,4,7H2,1-3H3/t8-/m0/s1. The maximum absolute atomic E-state index is 11.3. The number of imidazole rings is 1. The van der Waals surface area contributed by atoms with Crippen LogP contribution in [0.5, 0.6) is 0 Å². The Morgan fingerprint density at radius 3 is 2.85 bits per heavy atom. The molecule has 0 bridgehead atoms. The maximum Gasteiger partial charge on any atom is 0.135 e. The van der Waals surface area contributed by atoms with Gasteiger partial charge >= 0.3 is 0 Å². The monoisotopic (exact) mass is 180 g/mol. The minimum absolute atomic E-state index is 0.0890. The molecule has 0 aromatic carbocycles. The number of aryl methyl sites for hydroxylation is 1. The number of ketones is 1. The highest BCUT2D eigenvalue weighted by Gasteiger charge is 2.13. The van der Waals surface area contributed by atoms with Crippen LogP contribution >= 0.6 is 0 Å². The largest absolute Gasteiger partial charge is 0.338 e. The summed E-state index contributed by atoms with van der Waals surface area (Å²) in [6, 6.07) is 0. The van der Waals surface area contributed by atoms with Gasteiger partial charge in [0.1, 0.15) is 11.6 Å². The molecule has 13 heavy (non-hydrogen) atoms. The Morgan fingerprint density at radius 2 is 2.38 bits per heavy atom. The second kappa shape index (κ2) is 4.21. The van der Waals surface area contributed by atoms with Crippen LogP contribution in [0.1, 0.15) is 26.1 Å². The van der Waals surface area contributed by atoms with Crippen molar-refractivity contribution in [1.29, 1.82) is 0 Å². The molecule has 0 saturated carbocycles. The van der Waals surface area contributed by atoms with Gasteiger partial charge in [-0.15, -0.1) is 0 Å². The summed E-state index contributed by atoms with van der Waals surface area (Å²) in [6.07, 6.45) is 5.03. The van der Waals surface area contributed by atoms with Gasteiger partial charge in [0.15, 0.2) is 0 Å². The van der Waals surface area contributed by atoms with Crippen molar-refractivity contribution in [2.75, 3.05) is 0 Å². The second-order valence-corrected chi connectivity index (χ2v) is 3.38. The third-order valence-electron chi connectivity index (χ3n) is 2.31. The maximum atomic E-state index is 11.3. The van der Waals surface area contributed by atoms with Gasteiger partial charge < -0.3 is 4.57 Å². The molecule has 0 unspecified atom stereocenters. The quantitative estimate of drug-likeness (QED) is 0.705. The van der Waals surface area contributed by atoms with E-state index in [2.05, 4.69) is 4.98 Å². The molecule has 0 aliphatic rings. The van der Waals surface area contributed by atoms with Gasteiger partial charge in [0.25, 0.3) is 0 Å². The Balaban J connectivity index is 2.59. The van der Waals surface area contributed by atoms with Crippen LogP contribution < -0.4 is 0 Å². The minimum Gasteiger partial charge on any atom is -0.338 e. The summed E-state index contributed by atoms with van der Waals surface area (Å²) in [6.45, 7) is 3.86. The summed E-state index contributed by atoms with van der Waals surface area (Å²) in [7, 11) is 1.95.